The third kappa shape index (κ3) is 5.85. The fourth-order valence-corrected chi connectivity index (χ4v) is 0.809. The topological polar surface area (TPSA) is 46.6 Å². The van der Waals surface area contributed by atoms with Gasteiger partial charge in [-0.2, -0.15) is 0 Å². The average Bonchev–Trinajstić information content (AvgIpc) is 2.05. The van der Waals surface area contributed by atoms with Gasteiger partial charge in [0.25, 0.3) is 0 Å². The maximum atomic E-state index is 10.7. The van der Waals surface area contributed by atoms with Gasteiger partial charge in [-0.3, -0.25) is 9.69 Å². The average molecular weight is 173 g/mol. The van der Waals surface area contributed by atoms with E-state index in [-0.39, 0.29) is 12.5 Å². The SMILES string of the molecule is COC(=O)CN(C)CCCC=O. The zero-order valence-corrected chi connectivity index (χ0v) is 7.58. The molecule has 0 atom stereocenters. The first-order valence-electron chi connectivity index (χ1n) is 3.89. The van der Waals surface area contributed by atoms with Crippen LogP contribution in [0.15, 0.2) is 0 Å². The Balaban J connectivity index is 3.38. The molecule has 0 aliphatic carbocycles. The van der Waals surface area contributed by atoms with Crippen LogP contribution in [0, 0.1) is 0 Å². The number of methoxy groups -OCH3 is 1. The second-order valence-electron chi connectivity index (χ2n) is 2.62. The number of esters is 1. The molecular formula is C8H15NO3. The summed E-state index contributed by atoms with van der Waals surface area (Å²) in [5, 5.41) is 0. The standard InChI is InChI=1S/C8H15NO3/c1-9(5-3-4-6-10)7-8(11)12-2/h6H,3-5,7H2,1-2H3. The lowest BCUT2D eigenvalue weighted by molar-refractivity contribution is -0.141. The predicted molar refractivity (Wildman–Crippen MR) is 44.8 cm³/mol. The minimum absolute atomic E-state index is 0.247. The van der Waals surface area contributed by atoms with E-state index in [0.29, 0.717) is 6.42 Å². The van der Waals surface area contributed by atoms with Crippen molar-refractivity contribution in [1.29, 1.82) is 0 Å². The molecule has 0 saturated heterocycles. The first-order valence-corrected chi connectivity index (χ1v) is 3.89. The lowest BCUT2D eigenvalue weighted by Crippen LogP contribution is -2.27. The number of rotatable bonds is 6. The second kappa shape index (κ2) is 6.79. The number of hydrogen-bond donors (Lipinski definition) is 0. The summed E-state index contributed by atoms with van der Waals surface area (Å²) < 4.78 is 4.48. The van der Waals surface area contributed by atoms with Gasteiger partial charge >= 0.3 is 5.97 Å². The van der Waals surface area contributed by atoms with E-state index in [1.165, 1.54) is 7.11 Å². The van der Waals surface area contributed by atoms with Crippen molar-refractivity contribution in [2.75, 3.05) is 27.2 Å². The monoisotopic (exact) mass is 173 g/mol. The van der Waals surface area contributed by atoms with Crippen molar-refractivity contribution in [3.8, 4) is 0 Å². The van der Waals surface area contributed by atoms with Gasteiger partial charge in [-0.15, -0.1) is 0 Å². The van der Waals surface area contributed by atoms with Crippen LogP contribution in [-0.2, 0) is 14.3 Å². The number of hydrogen-bond acceptors (Lipinski definition) is 4. The van der Waals surface area contributed by atoms with E-state index in [1.54, 1.807) is 0 Å². The summed E-state index contributed by atoms with van der Waals surface area (Å²) in [7, 11) is 3.18. The fourth-order valence-electron chi connectivity index (χ4n) is 0.809. The van der Waals surface area contributed by atoms with Crippen molar-refractivity contribution < 1.29 is 14.3 Å². The van der Waals surface area contributed by atoms with Crippen molar-refractivity contribution in [3.05, 3.63) is 0 Å². The van der Waals surface area contributed by atoms with Gasteiger partial charge in [0.2, 0.25) is 0 Å². The zero-order chi connectivity index (χ0) is 9.40. The fraction of sp³-hybridized carbons (Fsp3) is 0.750. The van der Waals surface area contributed by atoms with E-state index in [1.807, 2.05) is 11.9 Å². The number of carbonyl (C=O) groups is 2. The molecule has 12 heavy (non-hydrogen) atoms. The molecule has 0 fully saturated rings. The van der Waals surface area contributed by atoms with E-state index in [4.69, 9.17) is 0 Å². The van der Waals surface area contributed by atoms with Crippen LogP contribution in [0.5, 0.6) is 0 Å². The first kappa shape index (κ1) is 11.1. The molecule has 0 aliphatic rings. The third-order valence-corrected chi connectivity index (χ3v) is 1.49. The summed E-state index contributed by atoms with van der Waals surface area (Å²) in [5.74, 6) is -0.247. The lowest BCUT2D eigenvalue weighted by atomic mass is 10.3. The van der Waals surface area contributed by atoms with Crippen LogP contribution in [0.25, 0.3) is 0 Å². The van der Waals surface area contributed by atoms with Crippen molar-refractivity contribution in [2.24, 2.45) is 0 Å². The maximum absolute atomic E-state index is 10.7. The van der Waals surface area contributed by atoms with E-state index < -0.39 is 0 Å². The predicted octanol–water partition coefficient (Wildman–Crippen LogP) is 0.0703. The minimum Gasteiger partial charge on any atom is -0.468 e. The summed E-state index contributed by atoms with van der Waals surface area (Å²) in [6.07, 6.45) is 2.22. The molecule has 70 valence electrons. The number of unbranched alkanes of at least 4 members (excludes halogenated alkanes) is 1. The van der Waals surface area contributed by atoms with Gasteiger partial charge in [0.1, 0.15) is 6.29 Å². The highest BCUT2D eigenvalue weighted by Crippen LogP contribution is 1.90. The second-order valence-corrected chi connectivity index (χ2v) is 2.62. The quantitative estimate of drug-likeness (QED) is 0.324. The van der Waals surface area contributed by atoms with Gasteiger partial charge in [0.05, 0.1) is 13.7 Å². The Morgan fingerprint density at radius 1 is 1.58 bits per heavy atom. The van der Waals surface area contributed by atoms with Crippen molar-refractivity contribution >= 4 is 12.3 Å². The Hall–Kier alpha value is -0.900. The molecule has 4 nitrogen and oxygen atoms in total. The van der Waals surface area contributed by atoms with Crippen LogP contribution in [0.2, 0.25) is 0 Å². The lowest BCUT2D eigenvalue weighted by Gasteiger charge is -2.13. The van der Waals surface area contributed by atoms with Crippen LogP contribution in [-0.4, -0.2) is 44.4 Å². The minimum atomic E-state index is -0.247. The molecule has 0 radical (unpaired) electrons. The summed E-state index contributed by atoms with van der Waals surface area (Å²) >= 11 is 0. The Bertz CT molecular complexity index is 147. The Labute approximate surface area is 72.5 Å². The number of carbonyl (C=O) groups excluding carboxylic acids is 2. The largest absolute Gasteiger partial charge is 0.468 e. The van der Waals surface area contributed by atoms with Gasteiger partial charge in [-0.05, 0) is 20.0 Å². The van der Waals surface area contributed by atoms with Gasteiger partial charge in [0.15, 0.2) is 0 Å². The highest BCUT2D eigenvalue weighted by molar-refractivity contribution is 5.71. The highest BCUT2D eigenvalue weighted by Gasteiger charge is 2.04. The molecular weight excluding hydrogens is 158 g/mol. The normalized spacial score (nSPS) is 9.92. The van der Waals surface area contributed by atoms with Gasteiger partial charge in [-0.25, -0.2) is 0 Å². The molecule has 0 aromatic heterocycles. The van der Waals surface area contributed by atoms with Gasteiger partial charge in [-0.1, -0.05) is 0 Å². The van der Waals surface area contributed by atoms with Gasteiger partial charge in [0, 0.05) is 6.42 Å². The van der Waals surface area contributed by atoms with Gasteiger partial charge < -0.3 is 9.53 Å². The Kier molecular flexibility index (Phi) is 6.28. The highest BCUT2D eigenvalue weighted by atomic mass is 16.5. The molecule has 4 heteroatoms. The maximum Gasteiger partial charge on any atom is 0.319 e. The number of ether oxygens (including phenoxy) is 1. The molecule has 0 bridgehead atoms. The summed E-state index contributed by atoms with van der Waals surface area (Å²) in [6.45, 7) is 1.03. The number of nitrogens with zero attached hydrogens (tertiary/aromatic N) is 1. The van der Waals surface area contributed by atoms with Crippen LogP contribution >= 0.6 is 0 Å². The summed E-state index contributed by atoms with van der Waals surface area (Å²) in [5.41, 5.74) is 0. The molecule has 0 N–H and O–H groups in total. The molecule has 0 unspecified atom stereocenters. The Morgan fingerprint density at radius 2 is 2.25 bits per heavy atom. The van der Waals surface area contributed by atoms with Crippen molar-refractivity contribution in [3.63, 3.8) is 0 Å². The van der Waals surface area contributed by atoms with Crippen molar-refractivity contribution in [2.45, 2.75) is 12.8 Å². The van der Waals surface area contributed by atoms with Crippen LogP contribution in [0.4, 0.5) is 0 Å². The smallest absolute Gasteiger partial charge is 0.319 e. The number of aldehydes is 1. The first-order chi connectivity index (χ1) is 5.70. The zero-order valence-electron chi connectivity index (χ0n) is 7.58. The molecule has 0 aromatic carbocycles. The molecule has 0 rings (SSSR count). The van der Waals surface area contributed by atoms with Crippen LogP contribution < -0.4 is 0 Å². The molecule has 0 heterocycles. The van der Waals surface area contributed by atoms with E-state index >= 15 is 0 Å². The summed E-state index contributed by atoms with van der Waals surface area (Å²) in [4.78, 5) is 22.5. The van der Waals surface area contributed by atoms with E-state index in [9.17, 15) is 9.59 Å². The molecule has 0 aliphatic heterocycles. The Morgan fingerprint density at radius 3 is 2.75 bits per heavy atom. The molecule has 0 amide bonds. The molecule has 0 saturated carbocycles. The molecule has 0 aromatic rings. The third-order valence-electron chi connectivity index (χ3n) is 1.49. The number of likely N-dealkylation sites (N-methyl/N-ethyl adjacent to an activating group) is 1. The van der Waals surface area contributed by atoms with Crippen LogP contribution in [0.1, 0.15) is 12.8 Å². The van der Waals surface area contributed by atoms with Crippen LogP contribution in [0.3, 0.4) is 0 Å². The van der Waals surface area contributed by atoms with E-state index in [2.05, 4.69) is 4.74 Å². The molecule has 0 spiro atoms. The van der Waals surface area contributed by atoms with E-state index in [0.717, 1.165) is 19.3 Å². The summed E-state index contributed by atoms with van der Waals surface area (Å²) in [6, 6.07) is 0. The van der Waals surface area contributed by atoms with Crippen molar-refractivity contribution in [1.82, 2.24) is 4.90 Å².